The molecule has 0 aromatic rings. The Bertz CT molecular complexity index is 195. The minimum absolute atomic E-state index is 0.142. The summed E-state index contributed by atoms with van der Waals surface area (Å²) >= 11 is 3.31. The fourth-order valence-electron chi connectivity index (χ4n) is 1.15. The Balaban J connectivity index is 3.25. The number of hydrogen-bond acceptors (Lipinski definition) is 2. The number of esters is 1. The van der Waals surface area contributed by atoms with Crippen molar-refractivity contribution < 1.29 is 22.7 Å². The monoisotopic (exact) mass is 304 g/mol. The van der Waals surface area contributed by atoms with Crippen molar-refractivity contribution in [3.8, 4) is 0 Å². The lowest BCUT2D eigenvalue weighted by molar-refractivity contribution is -0.199. The second kappa shape index (κ2) is 8.84. The molecule has 0 atom stereocenters. The minimum atomic E-state index is -4.87. The van der Waals surface area contributed by atoms with Crippen molar-refractivity contribution in [2.24, 2.45) is 0 Å². The van der Waals surface area contributed by atoms with Gasteiger partial charge in [-0.3, -0.25) is 0 Å². The van der Waals surface area contributed by atoms with Gasteiger partial charge in [0.25, 0.3) is 0 Å². The van der Waals surface area contributed by atoms with E-state index in [-0.39, 0.29) is 6.61 Å². The molecule has 0 aromatic heterocycles. The van der Waals surface area contributed by atoms with Gasteiger partial charge in [0.05, 0.1) is 6.61 Å². The zero-order chi connectivity index (χ0) is 12.4. The molecule has 0 saturated heterocycles. The lowest BCUT2D eigenvalue weighted by atomic mass is 10.1. The van der Waals surface area contributed by atoms with Crippen LogP contribution < -0.4 is 0 Å². The van der Waals surface area contributed by atoms with E-state index in [9.17, 15) is 18.0 Å². The number of rotatable bonds is 8. The molecule has 0 aromatic carbocycles. The van der Waals surface area contributed by atoms with Crippen LogP contribution in [0.1, 0.15) is 38.5 Å². The third-order valence-corrected chi connectivity index (χ3v) is 2.55. The molecule has 96 valence electrons. The van der Waals surface area contributed by atoms with Crippen molar-refractivity contribution in [3.63, 3.8) is 0 Å². The summed E-state index contributed by atoms with van der Waals surface area (Å²) < 4.78 is 39.1. The standard InChI is InChI=1S/C10H16BrF3O2/c11-7-5-3-1-2-4-6-8-16-9(15)10(12,13)14/h1-8H2. The summed E-state index contributed by atoms with van der Waals surface area (Å²) in [6.07, 6.45) is 0.700. The summed E-state index contributed by atoms with van der Waals surface area (Å²) in [7, 11) is 0. The van der Waals surface area contributed by atoms with Gasteiger partial charge in [-0.15, -0.1) is 0 Å². The number of hydrogen-bond donors (Lipinski definition) is 0. The predicted molar refractivity (Wildman–Crippen MR) is 58.5 cm³/mol. The highest BCUT2D eigenvalue weighted by Gasteiger charge is 2.40. The van der Waals surface area contributed by atoms with Crippen LogP contribution in [-0.4, -0.2) is 24.1 Å². The number of alkyl halides is 4. The van der Waals surface area contributed by atoms with E-state index in [1.807, 2.05) is 0 Å². The van der Waals surface area contributed by atoms with Gasteiger partial charge in [0.2, 0.25) is 0 Å². The van der Waals surface area contributed by atoms with Gasteiger partial charge in [-0.1, -0.05) is 41.6 Å². The SMILES string of the molecule is O=C(OCCCCCCCCBr)C(F)(F)F. The quantitative estimate of drug-likeness (QED) is 0.387. The summed E-state index contributed by atoms with van der Waals surface area (Å²) in [4.78, 5) is 10.3. The topological polar surface area (TPSA) is 26.3 Å². The van der Waals surface area contributed by atoms with Crippen molar-refractivity contribution in [1.82, 2.24) is 0 Å². The summed E-state index contributed by atoms with van der Waals surface area (Å²) in [6, 6.07) is 0. The van der Waals surface area contributed by atoms with Crippen LogP contribution >= 0.6 is 15.9 Å². The van der Waals surface area contributed by atoms with Gasteiger partial charge in [-0.05, 0) is 12.8 Å². The highest BCUT2D eigenvalue weighted by atomic mass is 79.9. The summed E-state index contributed by atoms with van der Waals surface area (Å²) in [5.74, 6) is -2.09. The van der Waals surface area contributed by atoms with Crippen LogP contribution in [0.4, 0.5) is 13.2 Å². The fraction of sp³-hybridized carbons (Fsp3) is 0.900. The Morgan fingerprint density at radius 2 is 1.50 bits per heavy atom. The van der Waals surface area contributed by atoms with Gasteiger partial charge < -0.3 is 4.74 Å². The van der Waals surface area contributed by atoms with Crippen molar-refractivity contribution in [2.75, 3.05) is 11.9 Å². The second-order valence-electron chi connectivity index (χ2n) is 3.44. The molecule has 0 radical (unpaired) electrons. The fourth-order valence-corrected chi connectivity index (χ4v) is 1.55. The highest BCUT2D eigenvalue weighted by molar-refractivity contribution is 9.09. The largest absolute Gasteiger partial charge is 0.490 e. The molecule has 0 unspecified atom stereocenters. The third kappa shape index (κ3) is 9.00. The molecule has 0 aliphatic heterocycles. The van der Waals surface area contributed by atoms with Crippen LogP contribution in [0, 0.1) is 0 Å². The first-order valence-electron chi connectivity index (χ1n) is 5.28. The van der Waals surface area contributed by atoms with Crippen molar-refractivity contribution >= 4 is 21.9 Å². The first kappa shape index (κ1) is 15.7. The lowest BCUT2D eigenvalue weighted by Crippen LogP contribution is -2.25. The Hall–Kier alpha value is -0.260. The smallest absolute Gasteiger partial charge is 0.459 e. The maximum absolute atomic E-state index is 11.7. The maximum atomic E-state index is 11.7. The van der Waals surface area contributed by atoms with Crippen molar-refractivity contribution in [3.05, 3.63) is 0 Å². The molecule has 16 heavy (non-hydrogen) atoms. The molecule has 0 bridgehead atoms. The van der Waals surface area contributed by atoms with Crippen LogP contribution in [0.3, 0.4) is 0 Å². The first-order chi connectivity index (χ1) is 7.48. The van der Waals surface area contributed by atoms with Crippen LogP contribution in [0.5, 0.6) is 0 Å². The van der Waals surface area contributed by atoms with E-state index in [2.05, 4.69) is 20.7 Å². The molecule has 0 aliphatic rings. The van der Waals surface area contributed by atoms with E-state index in [0.717, 1.165) is 37.4 Å². The van der Waals surface area contributed by atoms with E-state index < -0.39 is 12.1 Å². The number of halogens is 4. The molecule has 2 nitrogen and oxygen atoms in total. The summed E-state index contributed by atoms with van der Waals surface area (Å²) in [6.45, 7) is -0.142. The molecule has 0 rings (SSSR count). The number of unbranched alkanes of at least 4 members (excludes halogenated alkanes) is 5. The molecule has 6 heteroatoms. The molecule has 0 spiro atoms. The van der Waals surface area contributed by atoms with Gasteiger partial charge in [0, 0.05) is 5.33 Å². The van der Waals surface area contributed by atoms with Crippen LogP contribution in [0.2, 0.25) is 0 Å². The van der Waals surface area contributed by atoms with E-state index >= 15 is 0 Å². The van der Waals surface area contributed by atoms with Crippen molar-refractivity contribution in [1.29, 1.82) is 0 Å². The Labute approximate surface area is 102 Å². The van der Waals surface area contributed by atoms with E-state index in [0.29, 0.717) is 6.42 Å². The molecule has 0 aliphatic carbocycles. The van der Waals surface area contributed by atoms with E-state index in [1.54, 1.807) is 0 Å². The van der Waals surface area contributed by atoms with Gasteiger partial charge in [-0.2, -0.15) is 13.2 Å². The summed E-state index contributed by atoms with van der Waals surface area (Å²) in [5, 5.41) is 0.982. The lowest BCUT2D eigenvalue weighted by Gasteiger charge is -2.06. The van der Waals surface area contributed by atoms with Gasteiger partial charge in [0.15, 0.2) is 0 Å². The molecular formula is C10H16BrF3O2. The molecular weight excluding hydrogens is 289 g/mol. The Morgan fingerprint density at radius 3 is 2.00 bits per heavy atom. The number of carbonyl (C=O) groups excluding carboxylic acids is 1. The average Bonchev–Trinajstić information content (AvgIpc) is 2.20. The van der Waals surface area contributed by atoms with Gasteiger partial charge in [0.1, 0.15) is 0 Å². The van der Waals surface area contributed by atoms with Crippen LogP contribution in [0.25, 0.3) is 0 Å². The average molecular weight is 305 g/mol. The maximum Gasteiger partial charge on any atom is 0.490 e. The molecule has 0 N–H and O–H groups in total. The number of carbonyl (C=O) groups is 1. The Kier molecular flexibility index (Phi) is 8.70. The van der Waals surface area contributed by atoms with E-state index in [1.165, 1.54) is 0 Å². The molecule has 0 amide bonds. The van der Waals surface area contributed by atoms with Crippen LogP contribution in [0.15, 0.2) is 0 Å². The van der Waals surface area contributed by atoms with E-state index in [4.69, 9.17) is 0 Å². The second-order valence-corrected chi connectivity index (χ2v) is 4.24. The number of ether oxygens (including phenoxy) is 1. The minimum Gasteiger partial charge on any atom is -0.459 e. The molecule has 0 fully saturated rings. The first-order valence-corrected chi connectivity index (χ1v) is 6.40. The highest BCUT2D eigenvalue weighted by Crippen LogP contribution is 2.16. The van der Waals surface area contributed by atoms with Gasteiger partial charge in [-0.25, -0.2) is 4.79 Å². The third-order valence-electron chi connectivity index (χ3n) is 1.99. The normalized spacial score (nSPS) is 11.5. The molecule has 0 heterocycles. The predicted octanol–water partition coefficient (Wildman–Crippen LogP) is 3.83. The van der Waals surface area contributed by atoms with Gasteiger partial charge >= 0.3 is 12.1 Å². The zero-order valence-electron chi connectivity index (χ0n) is 8.99. The Morgan fingerprint density at radius 1 is 1.00 bits per heavy atom. The zero-order valence-corrected chi connectivity index (χ0v) is 10.6. The van der Waals surface area contributed by atoms with Crippen LogP contribution in [-0.2, 0) is 9.53 Å². The molecule has 0 saturated carbocycles. The van der Waals surface area contributed by atoms with Crippen molar-refractivity contribution in [2.45, 2.75) is 44.7 Å². The summed E-state index contributed by atoms with van der Waals surface area (Å²) in [5.41, 5.74) is 0.